The fourth-order valence-electron chi connectivity index (χ4n) is 3.42. The first-order valence-electron chi connectivity index (χ1n) is 8.84. The molecule has 3 atom stereocenters. The van der Waals surface area contributed by atoms with Gasteiger partial charge in [0.05, 0.1) is 18.2 Å². The molecule has 5 nitrogen and oxygen atoms in total. The molecule has 1 aromatic rings. The van der Waals surface area contributed by atoms with Crippen molar-refractivity contribution in [3.8, 4) is 5.75 Å². The zero-order valence-corrected chi connectivity index (χ0v) is 17.9. The summed E-state index contributed by atoms with van der Waals surface area (Å²) in [4.78, 5) is 4.35. The quantitative estimate of drug-likeness (QED) is 0.412. The predicted octanol–water partition coefficient (Wildman–Crippen LogP) is 3.47. The number of fused-ring (bicyclic) bond motifs is 2. The van der Waals surface area contributed by atoms with E-state index in [0.29, 0.717) is 24.8 Å². The van der Waals surface area contributed by atoms with Crippen LogP contribution in [0.25, 0.3) is 0 Å². The van der Waals surface area contributed by atoms with Crippen molar-refractivity contribution in [2.75, 3.05) is 7.05 Å². The fourth-order valence-corrected chi connectivity index (χ4v) is 3.42. The van der Waals surface area contributed by atoms with Gasteiger partial charge in [-0.15, -0.1) is 24.0 Å². The van der Waals surface area contributed by atoms with Crippen LogP contribution in [0.3, 0.4) is 0 Å². The zero-order chi connectivity index (χ0) is 17.2. The van der Waals surface area contributed by atoms with E-state index < -0.39 is 0 Å². The Morgan fingerprint density at radius 1 is 1.28 bits per heavy atom. The molecule has 140 valence electrons. The van der Waals surface area contributed by atoms with Crippen molar-refractivity contribution in [1.29, 1.82) is 0 Å². The van der Waals surface area contributed by atoms with E-state index in [1.807, 2.05) is 18.2 Å². The van der Waals surface area contributed by atoms with Gasteiger partial charge in [-0.3, -0.25) is 4.99 Å². The normalized spacial score (nSPS) is 25.4. The lowest BCUT2D eigenvalue weighted by Crippen LogP contribution is -2.47. The summed E-state index contributed by atoms with van der Waals surface area (Å²) in [6.45, 7) is 6.86. The molecule has 0 spiro atoms. The van der Waals surface area contributed by atoms with Crippen LogP contribution in [-0.2, 0) is 11.3 Å². The van der Waals surface area contributed by atoms with Gasteiger partial charge in [-0.05, 0) is 46.1 Å². The van der Waals surface area contributed by atoms with Gasteiger partial charge in [-0.25, -0.2) is 0 Å². The minimum atomic E-state index is -0.212. The Labute approximate surface area is 168 Å². The lowest BCUT2D eigenvalue weighted by Gasteiger charge is -2.25. The number of hydrogen-bond donors (Lipinski definition) is 2. The average molecular weight is 459 g/mol. The average Bonchev–Trinajstić information content (AvgIpc) is 3.14. The van der Waals surface area contributed by atoms with Crippen LogP contribution in [0.1, 0.15) is 45.6 Å². The Hall–Kier alpha value is -1.02. The Morgan fingerprint density at radius 2 is 2.04 bits per heavy atom. The van der Waals surface area contributed by atoms with Crippen LogP contribution in [0.4, 0.5) is 0 Å². The van der Waals surface area contributed by atoms with Crippen LogP contribution in [-0.4, -0.2) is 36.9 Å². The first kappa shape index (κ1) is 20.3. The zero-order valence-electron chi connectivity index (χ0n) is 15.5. The summed E-state index contributed by atoms with van der Waals surface area (Å²) >= 11 is 0. The molecule has 3 rings (SSSR count). The van der Waals surface area contributed by atoms with Gasteiger partial charge < -0.3 is 20.1 Å². The third kappa shape index (κ3) is 5.48. The van der Waals surface area contributed by atoms with Crippen LogP contribution in [0, 0.1) is 0 Å². The highest BCUT2D eigenvalue weighted by Gasteiger charge is 2.41. The lowest BCUT2D eigenvalue weighted by atomic mass is 9.96. The maximum Gasteiger partial charge on any atom is 0.191 e. The van der Waals surface area contributed by atoms with Crippen LogP contribution in [0.2, 0.25) is 0 Å². The Balaban J connectivity index is 0.00000225. The van der Waals surface area contributed by atoms with Gasteiger partial charge in [0.1, 0.15) is 11.4 Å². The third-order valence-electron chi connectivity index (χ3n) is 4.49. The molecular weight excluding hydrogens is 429 g/mol. The second-order valence-electron chi connectivity index (χ2n) is 7.61. The molecule has 2 aliphatic heterocycles. The van der Waals surface area contributed by atoms with Crippen molar-refractivity contribution in [2.45, 2.75) is 70.4 Å². The molecule has 2 bridgehead atoms. The molecule has 1 aromatic carbocycles. The van der Waals surface area contributed by atoms with Crippen LogP contribution < -0.4 is 15.4 Å². The highest BCUT2D eigenvalue weighted by molar-refractivity contribution is 14.0. The standard InChI is InChI=1S/C19H29N3O2.HI/c1-19(2,3)24-16-8-6-5-7-13(16)12-21-18(20-4)22-15-11-14-9-10-17(15)23-14;/h5-8,14-15,17H,9-12H2,1-4H3,(H2,20,21,22);1H. The van der Waals surface area contributed by atoms with E-state index in [9.17, 15) is 0 Å². The van der Waals surface area contributed by atoms with E-state index in [-0.39, 0.29) is 29.6 Å². The van der Waals surface area contributed by atoms with E-state index in [1.54, 1.807) is 7.05 Å². The van der Waals surface area contributed by atoms with Gasteiger partial charge in [0, 0.05) is 19.2 Å². The van der Waals surface area contributed by atoms with Gasteiger partial charge in [0.2, 0.25) is 0 Å². The molecule has 3 unspecified atom stereocenters. The van der Waals surface area contributed by atoms with Gasteiger partial charge in [0.25, 0.3) is 0 Å². The number of ether oxygens (including phenoxy) is 2. The Bertz CT molecular complexity index is 601. The van der Waals surface area contributed by atoms with Crippen molar-refractivity contribution < 1.29 is 9.47 Å². The molecule has 0 radical (unpaired) electrons. The van der Waals surface area contributed by atoms with Crippen molar-refractivity contribution in [1.82, 2.24) is 10.6 Å². The van der Waals surface area contributed by atoms with E-state index in [2.05, 4.69) is 42.5 Å². The SMILES string of the molecule is CN=C(NCc1ccccc1OC(C)(C)C)NC1CC2CCC1O2.I. The molecule has 2 N–H and O–H groups in total. The summed E-state index contributed by atoms with van der Waals surface area (Å²) in [7, 11) is 1.81. The maximum absolute atomic E-state index is 6.05. The molecule has 0 saturated carbocycles. The molecule has 2 aliphatic rings. The Kier molecular flexibility index (Phi) is 6.96. The van der Waals surface area contributed by atoms with E-state index in [0.717, 1.165) is 30.1 Å². The first-order valence-corrected chi connectivity index (χ1v) is 8.84. The molecule has 2 saturated heterocycles. The van der Waals surface area contributed by atoms with Crippen molar-refractivity contribution in [3.63, 3.8) is 0 Å². The number of halogens is 1. The van der Waals surface area contributed by atoms with Gasteiger partial charge in [0.15, 0.2) is 5.96 Å². The molecule has 0 aromatic heterocycles. The summed E-state index contributed by atoms with van der Waals surface area (Å²) in [6, 6.07) is 8.51. The van der Waals surface area contributed by atoms with Crippen LogP contribution in [0.5, 0.6) is 5.75 Å². The molecular formula is C19H30IN3O2. The minimum Gasteiger partial charge on any atom is -0.488 e. The summed E-state index contributed by atoms with van der Waals surface area (Å²) in [5.74, 6) is 1.73. The smallest absolute Gasteiger partial charge is 0.191 e. The number of aliphatic imine (C=N–C) groups is 1. The number of nitrogens with zero attached hydrogens (tertiary/aromatic N) is 1. The molecule has 0 aliphatic carbocycles. The van der Waals surface area contributed by atoms with Crippen LogP contribution >= 0.6 is 24.0 Å². The predicted molar refractivity (Wildman–Crippen MR) is 112 cm³/mol. The number of nitrogens with one attached hydrogen (secondary N) is 2. The van der Waals surface area contributed by atoms with Crippen molar-refractivity contribution in [3.05, 3.63) is 29.8 Å². The topological polar surface area (TPSA) is 54.9 Å². The molecule has 2 heterocycles. The number of hydrogen-bond acceptors (Lipinski definition) is 3. The van der Waals surface area contributed by atoms with E-state index >= 15 is 0 Å². The molecule has 2 fully saturated rings. The first-order chi connectivity index (χ1) is 11.4. The number of rotatable bonds is 4. The Morgan fingerprint density at radius 3 is 2.64 bits per heavy atom. The maximum atomic E-state index is 6.05. The number of guanidine groups is 1. The third-order valence-corrected chi connectivity index (χ3v) is 4.49. The lowest BCUT2D eigenvalue weighted by molar-refractivity contribution is 0.0992. The summed E-state index contributed by atoms with van der Waals surface area (Å²) < 4.78 is 12.0. The second-order valence-corrected chi connectivity index (χ2v) is 7.61. The molecule has 6 heteroatoms. The summed E-state index contributed by atoms with van der Waals surface area (Å²) in [5, 5.41) is 6.91. The van der Waals surface area contributed by atoms with Gasteiger partial charge >= 0.3 is 0 Å². The van der Waals surface area contributed by atoms with Gasteiger partial charge in [-0.2, -0.15) is 0 Å². The number of benzene rings is 1. The number of para-hydroxylation sites is 1. The van der Waals surface area contributed by atoms with E-state index in [1.165, 1.54) is 6.42 Å². The van der Waals surface area contributed by atoms with Crippen LogP contribution in [0.15, 0.2) is 29.3 Å². The minimum absolute atomic E-state index is 0. The summed E-state index contributed by atoms with van der Waals surface area (Å²) in [5.41, 5.74) is 0.913. The second kappa shape index (κ2) is 8.58. The van der Waals surface area contributed by atoms with Crippen molar-refractivity contribution in [2.24, 2.45) is 4.99 Å². The highest BCUT2D eigenvalue weighted by atomic mass is 127. The highest BCUT2D eigenvalue weighted by Crippen LogP contribution is 2.34. The summed E-state index contributed by atoms with van der Waals surface area (Å²) in [6.07, 6.45) is 4.21. The monoisotopic (exact) mass is 459 g/mol. The fraction of sp³-hybridized carbons (Fsp3) is 0.632. The van der Waals surface area contributed by atoms with E-state index in [4.69, 9.17) is 9.47 Å². The molecule has 0 amide bonds. The van der Waals surface area contributed by atoms with Gasteiger partial charge in [-0.1, -0.05) is 18.2 Å². The molecule has 25 heavy (non-hydrogen) atoms. The van der Waals surface area contributed by atoms with Crippen molar-refractivity contribution >= 4 is 29.9 Å². The largest absolute Gasteiger partial charge is 0.488 e.